The summed E-state index contributed by atoms with van der Waals surface area (Å²) in [7, 11) is 0. The Balaban J connectivity index is 3.75. The van der Waals surface area contributed by atoms with Gasteiger partial charge in [0, 0.05) is 0 Å². The Kier molecular flexibility index (Phi) is 5.37. The summed E-state index contributed by atoms with van der Waals surface area (Å²) in [6, 6.07) is 0. The molecule has 3 nitrogen and oxygen atoms in total. The van der Waals surface area contributed by atoms with Crippen LogP contribution in [0.4, 0.5) is 0 Å². The highest BCUT2D eigenvalue weighted by Crippen LogP contribution is 2.11. The van der Waals surface area contributed by atoms with Gasteiger partial charge in [-0.05, 0) is 19.3 Å². The number of allylic oxidation sites excluding steroid dienone is 2. The van der Waals surface area contributed by atoms with Gasteiger partial charge in [-0.3, -0.25) is 4.79 Å². The third kappa shape index (κ3) is 4.91. The molecule has 0 radical (unpaired) electrons. The Labute approximate surface area is 73.3 Å². The van der Waals surface area contributed by atoms with Crippen molar-refractivity contribution >= 4 is 5.91 Å². The molecule has 0 aromatic rings. The van der Waals surface area contributed by atoms with E-state index in [9.17, 15) is 9.90 Å². The first-order valence-electron chi connectivity index (χ1n) is 4.15. The number of hydrogen-bond acceptors (Lipinski definition) is 2. The second-order valence-electron chi connectivity index (χ2n) is 3.02. The maximum absolute atomic E-state index is 10.4. The van der Waals surface area contributed by atoms with E-state index in [1.807, 2.05) is 26.0 Å². The molecule has 0 saturated heterocycles. The van der Waals surface area contributed by atoms with E-state index in [0.29, 0.717) is 0 Å². The second kappa shape index (κ2) is 5.77. The first-order chi connectivity index (χ1) is 5.57. The van der Waals surface area contributed by atoms with Crippen LogP contribution in [0.15, 0.2) is 12.2 Å². The Morgan fingerprint density at radius 3 is 2.67 bits per heavy atom. The first-order valence-corrected chi connectivity index (χ1v) is 4.15. The van der Waals surface area contributed by atoms with Gasteiger partial charge in [-0.1, -0.05) is 19.1 Å². The Hall–Kier alpha value is -0.830. The van der Waals surface area contributed by atoms with Gasteiger partial charge in [0.1, 0.15) is 0 Å². The molecule has 0 saturated carbocycles. The molecule has 0 spiro atoms. The average molecular weight is 171 g/mol. The van der Waals surface area contributed by atoms with Crippen LogP contribution in [0, 0.1) is 5.92 Å². The van der Waals surface area contributed by atoms with Crippen molar-refractivity contribution in [1.82, 2.24) is 0 Å². The Morgan fingerprint density at radius 1 is 1.67 bits per heavy atom. The van der Waals surface area contributed by atoms with E-state index in [-0.39, 0.29) is 12.3 Å². The minimum Gasteiger partial charge on any atom is -0.392 e. The smallest absolute Gasteiger partial charge is 0.220 e. The zero-order chi connectivity index (χ0) is 9.56. The van der Waals surface area contributed by atoms with E-state index in [1.165, 1.54) is 0 Å². The number of amides is 1. The van der Waals surface area contributed by atoms with Gasteiger partial charge in [-0.25, -0.2) is 0 Å². The number of carbonyl (C=O) groups is 1. The quantitative estimate of drug-likeness (QED) is 0.602. The summed E-state index contributed by atoms with van der Waals surface area (Å²) < 4.78 is 0. The lowest BCUT2D eigenvalue weighted by atomic mass is 9.98. The normalized spacial score (nSPS) is 16.2. The molecule has 0 aromatic carbocycles. The lowest BCUT2D eigenvalue weighted by Gasteiger charge is -2.15. The van der Waals surface area contributed by atoms with Crippen molar-refractivity contribution in [2.24, 2.45) is 11.7 Å². The van der Waals surface area contributed by atoms with Gasteiger partial charge in [0.05, 0.1) is 12.5 Å². The van der Waals surface area contributed by atoms with Gasteiger partial charge in [-0.15, -0.1) is 0 Å². The molecule has 0 fully saturated rings. The summed E-state index contributed by atoms with van der Waals surface area (Å²) in [5.41, 5.74) is 4.94. The molecule has 3 N–H and O–H groups in total. The first kappa shape index (κ1) is 11.2. The maximum atomic E-state index is 10.4. The van der Waals surface area contributed by atoms with Crippen molar-refractivity contribution in [3.8, 4) is 0 Å². The summed E-state index contributed by atoms with van der Waals surface area (Å²) >= 11 is 0. The standard InChI is InChI=1S/C9H17NO2/c1-3-4-5-7(2)8(11)6-9(10)12/h3-4,7-8,11H,5-6H2,1-2H3,(H2,10,12)/b4-3+/t7-,8-/m1/s1. The third-order valence-corrected chi connectivity index (χ3v) is 1.81. The van der Waals surface area contributed by atoms with Gasteiger partial charge >= 0.3 is 0 Å². The average Bonchev–Trinajstić information content (AvgIpc) is 1.98. The number of nitrogens with two attached hydrogens (primary N) is 1. The molecule has 0 aliphatic carbocycles. The zero-order valence-electron chi connectivity index (χ0n) is 7.66. The van der Waals surface area contributed by atoms with E-state index in [2.05, 4.69) is 0 Å². The number of hydrogen-bond donors (Lipinski definition) is 2. The fraction of sp³-hybridized carbons (Fsp3) is 0.667. The highest BCUT2D eigenvalue weighted by atomic mass is 16.3. The topological polar surface area (TPSA) is 63.3 Å². The molecule has 12 heavy (non-hydrogen) atoms. The molecule has 1 amide bonds. The van der Waals surface area contributed by atoms with Crippen LogP contribution in [0.25, 0.3) is 0 Å². The molecule has 0 heterocycles. The maximum Gasteiger partial charge on any atom is 0.220 e. The SMILES string of the molecule is C/C=C/C[C@@H](C)[C@H](O)CC(N)=O. The van der Waals surface area contributed by atoms with E-state index >= 15 is 0 Å². The van der Waals surface area contributed by atoms with Crippen molar-refractivity contribution in [3.05, 3.63) is 12.2 Å². The fourth-order valence-corrected chi connectivity index (χ4v) is 0.915. The molecule has 0 bridgehead atoms. The van der Waals surface area contributed by atoms with E-state index in [1.54, 1.807) is 0 Å². The van der Waals surface area contributed by atoms with Crippen LogP contribution in [-0.2, 0) is 4.79 Å². The number of carbonyl (C=O) groups excluding carboxylic acids is 1. The van der Waals surface area contributed by atoms with Gasteiger partial charge in [0.25, 0.3) is 0 Å². The highest BCUT2D eigenvalue weighted by Gasteiger charge is 2.14. The Morgan fingerprint density at radius 2 is 2.25 bits per heavy atom. The van der Waals surface area contributed by atoms with Gasteiger partial charge in [0.2, 0.25) is 5.91 Å². The lowest BCUT2D eigenvalue weighted by molar-refractivity contribution is -0.120. The van der Waals surface area contributed by atoms with Gasteiger partial charge in [0.15, 0.2) is 0 Å². The van der Waals surface area contributed by atoms with Crippen molar-refractivity contribution in [2.45, 2.75) is 32.8 Å². The van der Waals surface area contributed by atoms with Crippen LogP contribution in [0.1, 0.15) is 26.7 Å². The number of primary amides is 1. The van der Waals surface area contributed by atoms with Crippen LogP contribution in [-0.4, -0.2) is 17.1 Å². The number of aliphatic hydroxyl groups is 1. The fourth-order valence-electron chi connectivity index (χ4n) is 0.915. The summed E-state index contributed by atoms with van der Waals surface area (Å²) in [6.07, 6.45) is 4.12. The minimum absolute atomic E-state index is 0.0543. The summed E-state index contributed by atoms with van der Waals surface area (Å²) in [5, 5.41) is 9.38. The van der Waals surface area contributed by atoms with Gasteiger partial charge in [-0.2, -0.15) is 0 Å². The third-order valence-electron chi connectivity index (χ3n) is 1.81. The largest absolute Gasteiger partial charge is 0.392 e. The molecular weight excluding hydrogens is 154 g/mol. The van der Waals surface area contributed by atoms with Crippen LogP contribution in [0.2, 0.25) is 0 Å². The van der Waals surface area contributed by atoms with Crippen LogP contribution < -0.4 is 5.73 Å². The van der Waals surface area contributed by atoms with Crippen molar-refractivity contribution in [2.75, 3.05) is 0 Å². The molecule has 2 atom stereocenters. The summed E-state index contributed by atoms with van der Waals surface area (Å²) in [5.74, 6) is -0.358. The van der Waals surface area contributed by atoms with Crippen LogP contribution in [0.3, 0.4) is 0 Å². The second-order valence-corrected chi connectivity index (χ2v) is 3.02. The summed E-state index contributed by atoms with van der Waals surface area (Å²) in [6.45, 7) is 3.82. The van der Waals surface area contributed by atoms with E-state index in [4.69, 9.17) is 5.73 Å². The monoisotopic (exact) mass is 171 g/mol. The molecule has 0 rings (SSSR count). The molecule has 3 heteroatoms. The highest BCUT2D eigenvalue weighted by molar-refractivity contribution is 5.74. The molecule has 70 valence electrons. The Bertz CT molecular complexity index is 166. The number of aliphatic hydroxyl groups excluding tert-OH is 1. The predicted molar refractivity (Wildman–Crippen MR) is 48.4 cm³/mol. The van der Waals surface area contributed by atoms with E-state index < -0.39 is 12.0 Å². The number of rotatable bonds is 5. The van der Waals surface area contributed by atoms with Crippen molar-refractivity contribution < 1.29 is 9.90 Å². The zero-order valence-corrected chi connectivity index (χ0v) is 7.66. The lowest BCUT2D eigenvalue weighted by Crippen LogP contribution is -2.25. The molecule has 0 aromatic heterocycles. The minimum atomic E-state index is -0.612. The molecular formula is C9H17NO2. The molecule has 0 aliphatic rings. The van der Waals surface area contributed by atoms with Crippen LogP contribution >= 0.6 is 0 Å². The van der Waals surface area contributed by atoms with Crippen LogP contribution in [0.5, 0.6) is 0 Å². The molecule has 0 aliphatic heterocycles. The predicted octanol–water partition coefficient (Wildman–Crippen LogP) is 0.825. The summed E-state index contributed by atoms with van der Waals surface area (Å²) in [4.78, 5) is 10.4. The van der Waals surface area contributed by atoms with Crippen molar-refractivity contribution in [1.29, 1.82) is 0 Å². The van der Waals surface area contributed by atoms with Gasteiger partial charge < -0.3 is 10.8 Å². The van der Waals surface area contributed by atoms with E-state index in [0.717, 1.165) is 6.42 Å². The van der Waals surface area contributed by atoms with Crippen molar-refractivity contribution in [3.63, 3.8) is 0 Å². The molecule has 0 unspecified atom stereocenters.